The van der Waals surface area contributed by atoms with Crippen LogP contribution in [0.4, 0.5) is 0 Å². The van der Waals surface area contributed by atoms with Crippen LogP contribution in [0.3, 0.4) is 0 Å². The molecule has 1 aromatic rings. The maximum Gasteiger partial charge on any atom is 0.209 e. The third-order valence-corrected chi connectivity index (χ3v) is 2.85. The fourth-order valence-electron chi connectivity index (χ4n) is 1.42. The molecule has 0 fully saturated rings. The zero-order valence-corrected chi connectivity index (χ0v) is 10.4. The second-order valence-electron chi connectivity index (χ2n) is 3.83. The molecule has 0 saturated carbocycles. The predicted octanol–water partition coefficient (Wildman–Crippen LogP) is 1.04. The maximum atomic E-state index is 11.7. The average molecular weight is 241 g/mol. The molecule has 0 aliphatic carbocycles. The molecule has 0 aromatic heterocycles. The lowest BCUT2D eigenvalue weighted by Crippen LogP contribution is -2.28. The molecule has 0 saturated heterocycles. The quantitative estimate of drug-likeness (QED) is 0.801. The second-order valence-corrected chi connectivity index (χ2v) is 5.67. The lowest BCUT2D eigenvalue weighted by molar-refractivity contribution is 0.0996. The van der Waals surface area contributed by atoms with Gasteiger partial charge in [-0.15, -0.1) is 0 Å². The van der Waals surface area contributed by atoms with Crippen molar-refractivity contribution in [3.8, 4) is 0 Å². The van der Waals surface area contributed by atoms with Gasteiger partial charge in [0.2, 0.25) is 10.0 Å². The third kappa shape index (κ3) is 3.75. The van der Waals surface area contributed by atoms with Crippen molar-refractivity contribution < 1.29 is 13.2 Å². The summed E-state index contributed by atoms with van der Waals surface area (Å²) in [6.07, 6.45) is 1.03. The van der Waals surface area contributed by atoms with E-state index in [1.807, 2.05) is 26.0 Å². The Balaban J connectivity index is 2.82. The minimum Gasteiger partial charge on any atom is -0.293 e. The van der Waals surface area contributed by atoms with Gasteiger partial charge in [0.1, 0.15) is 0 Å². The molecule has 4 nitrogen and oxygen atoms in total. The van der Waals surface area contributed by atoms with Gasteiger partial charge in [-0.25, -0.2) is 13.1 Å². The van der Waals surface area contributed by atoms with E-state index in [1.54, 1.807) is 6.07 Å². The highest BCUT2D eigenvalue weighted by Crippen LogP contribution is 2.10. The predicted molar refractivity (Wildman–Crippen MR) is 63.1 cm³/mol. The minimum atomic E-state index is -3.32. The molecule has 0 amide bonds. The normalized spacial score (nSPS) is 11.4. The third-order valence-electron chi connectivity index (χ3n) is 2.18. The summed E-state index contributed by atoms with van der Waals surface area (Å²) in [5.74, 6) is -0.220. The van der Waals surface area contributed by atoms with E-state index in [1.165, 1.54) is 0 Å². The van der Waals surface area contributed by atoms with E-state index < -0.39 is 10.0 Å². The van der Waals surface area contributed by atoms with Crippen molar-refractivity contribution in [2.45, 2.75) is 13.8 Å². The number of ketones is 1. The van der Waals surface area contributed by atoms with Crippen LogP contribution in [0.2, 0.25) is 0 Å². The van der Waals surface area contributed by atoms with Crippen LogP contribution in [0, 0.1) is 13.8 Å². The van der Waals surface area contributed by atoms with Crippen molar-refractivity contribution in [2.75, 3.05) is 12.8 Å². The van der Waals surface area contributed by atoms with Crippen LogP contribution in [0.15, 0.2) is 18.2 Å². The van der Waals surface area contributed by atoms with E-state index in [-0.39, 0.29) is 12.3 Å². The number of carbonyl (C=O) groups excluding carboxylic acids is 1. The number of Topliss-reactive ketones (excluding diaryl/α,β-unsaturated/α-hetero) is 1. The van der Waals surface area contributed by atoms with Crippen LogP contribution < -0.4 is 4.72 Å². The molecule has 1 N–H and O–H groups in total. The summed E-state index contributed by atoms with van der Waals surface area (Å²) in [7, 11) is -3.32. The molecule has 0 spiro atoms. The van der Waals surface area contributed by atoms with Crippen LogP contribution in [0.1, 0.15) is 21.5 Å². The average Bonchev–Trinajstić information content (AvgIpc) is 2.13. The van der Waals surface area contributed by atoms with E-state index in [0.29, 0.717) is 5.56 Å². The Morgan fingerprint density at radius 2 is 1.94 bits per heavy atom. The summed E-state index contributed by atoms with van der Waals surface area (Å²) >= 11 is 0. The summed E-state index contributed by atoms with van der Waals surface area (Å²) in [5, 5.41) is 0. The number of hydrogen-bond acceptors (Lipinski definition) is 3. The van der Waals surface area contributed by atoms with Crippen molar-refractivity contribution >= 4 is 15.8 Å². The molecule has 0 radical (unpaired) electrons. The smallest absolute Gasteiger partial charge is 0.209 e. The van der Waals surface area contributed by atoms with Crippen LogP contribution in [0.25, 0.3) is 0 Å². The molecule has 1 aromatic carbocycles. The molecule has 1 rings (SSSR count). The van der Waals surface area contributed by atoms with Crippen molar-refractivity contribution in [3.05, 3.63) is 34.9 Å². The first-order valence-corrected chi connectivity index (χ1v) is 6.74. The van der Waals surface area contributed by atoms with Crippen LogP contribution in [-0.2, 0) is 10.0 Å². The molecular weight excluding hydrogens is 226 g/mol. The van der Waals surface area contributed by atoms with Crippen LogP contribution >= 0.6 is 0 Å². The first kappa shape index (κ1) is 12.9. The van der Waals surface area contributed by atoms with Gasteiger partial charge in [0.25, 0.3) is 0 Å². The van der Waals surface area contributed by atoms with Gasteiger partial charge in [0.15, 0.2) is 5.78 Å². The Bertz CT molecular complexity index is 506. The Morgan fingerprint density at radius 3 is 2.44 bits per heavy atom. The molecule has 0 atom stereocenters. The van der Waals surface area contributed by atoms with E-state index in [0.717, 1.165) is 17.4 Å². The Hall–Kier alpha value is -1.20. The van der Waals surface area contributed by atoms with Crippen LogP contribution in [0.5, 0.6) is 0 Å². The van der Waals surface area contributed by atoms with Gasteiger partial charge in [0, 0.05) is 5.56 Å². The molecule has 0 aliphatic heterocycles. The molecule has 0 aliphatic rings. The Morgan fingerprint density at radius 1 is 1.31 bits per heavy atom. The van der Waals surface area contributed by atoms with Gasteiger partial charge < -0.3 is 0 Å². The molecular formula is C11H15NO3S. The number of aryl methyl sites for hydroxylation is 2. The van der Waals surface area contributed by atoms with E-state index in [4.69, 9.17) is 0 Å². The minimum absolute atomic E-state index is 0.192. The fourth-order valence-corrected chi connectivity index (χ4v) is 1.81. The summed E-state index contributed by atoms with van der Waals surface area (Å²) in [4.78, 5) is 11.7. The Labute approximate surface area is 95.7 Å². The number of rotatable bonds is 4. The molecule has 0 heterocycles. The SMILES string of the molecule is Cc1ccc(C(=O)CNS(C)(=O)=O)c(C)c1. The lowest BCUT2D eigenvalue weighted by Gasteiger charge is -2.06. The molecule has 16 heavy (non-hydrogen) atoms. The summed E-state index contributed by atoms with van der Waals surface area (Å²) < 4.78 is 23.9. The standard InChI is InChI=1S/C11H15NO3S/c1-8-4-5-10(9(2)6-8)11(13)7-12-16(3,14)15/h4-6,12H,7H2,1-3H3. The number of nitrogens with one attached hydrogen (secondary N) is 1. The molecule has 5 heteroatoms. The van der Waals surface area contributed by atoms with Gasteiger partial charge in [0.05, 0.1) is 12.8 Å². The zero-order chi connectivity index (χ0) is 12.3. The van der Waals surface area contributed by atoms with Crippen molar-refractivity contribution in [2.24, 2.45) is 0 Å². The molecule has 0 bridgehead atoms. The first-order chi connectivity index (χ1) is 7.29. The number of sulfonamides is 1. The highest BCUT2D eigenvalue weighted by molar-refractivity contribution is 7.88. The summed E-state index contributed by atoms with van der Waals surface area (Å²) in [6, 6.07) is 5.45. The summed E-state index contributed by atoms with van der Waals surface area (Å²) in [5.41, 5.74) is 2.49. The van der Waals surface area contributed by atoms with Gasteiger partial charge >= 0.3 is 0 Å². The van der Waals surface area contributed by atoms with Crippen molar-refractivity contribution in [3.63, 3.8) is 0 Å². The number of benzene rings is 1. The number of hydrogen-bond donors (Lipinski definition) is 1. The summed E-state index contributed by atoms with van der Waals surface area (Å²) in [6.45, 7) is 3.58. The lowest BCUT2D eigenvalue weighted by atomic mass is 10.0. The van der Waals surface area contributed by atoms with Gasteiger partial charge in [-0.3, -0.25) is 4.79 Å². The second kappa shape index (κ2) is 4.76. The van der Waals surface area contributed by atoms with Gasteiger partial charge in [-0.05, 0) is 19.4 Å². The van der Waals surface area contributed by atoms with Crippen molar-refractivity contribution in [1.82, 2.24) is 4.72 Å². The highest BCUT2D eigenvalue weighted by Gasteiger charge is 2.11. The van der Waals surface area contributed by atoms with Gasteiger partial charge in [-0.1, -0.05) is 23.8 Å². The number of carbonyl (C=O) groups is 1. The monoisotopic (exact) mass is 241 g/mol. The first-order valence-electron chi connectivity index (χ1n) is 4.84. The van der Waals surface area contributed by atoms with Crippen LogP contribution in [-0.4, -0.2) is 27.0 Å². The largest absolute Gasteiger partial charge is 0.293 e. The Kier molecular flexibility index (Phi) is 3.83. The van der Waals surface area contributed by atoms with Gasteiger partial charge in [-0.2, -0.15) is 0 Å². The zero-order valence-electron chi connectivity index (χ0n) is 9.57. The van der Waals surface area contributed by atoms with E-state index in [9.17, 15) is 13.2 Å². The fraction of sp³-hybridized carbons (Fsp3) is 0.364. The maximum absolute atomic E-state index is 11.7. The molecule has 0 unspecified atom stereocenters. The van der Waals surface area contributed by atoms with E-state index in [2.05, 4.69) is 4.72 Å². The van der Waals surface area contributed by atoms with E-state index >= 15 is 0 Å². The topological polar surface area (TPSA) is 63.2 Å². The highest BCUT2D eigenvalue weighted by atomic mass is 32.2. The molecule has 88 valence electrons. The van der Waals surface area contributed by atoms with Crippen molar-refractivity contribution in [1.29, 1.82) is 0 Å².